The Balaban J connectivity index is 2.25. The Morgan fingerprint density at radius 3 is 2.41 bits per heavy atom. The quantitative estimate of drug-likeness (QED) is 0.709. The van der Waals surface area contributed by atoms with E-state index in [2.05, 4.69) is 61.6 Å². The predicted octanol–water partition coefficient (Wildman–Crippen LogP) is 5.84. The molecule has 1 atom stereocenters. The smallest absolute Gasteiger partial charge is 0.0634 e. The molecular formula is C13H13Br2NS. The molecule has 0 fully saturated rings. The van der Waals surface area contributed by atoms with Crippen LogP contribution in [0, 0.1) is 0 Å². The first kappa shape index (κ1) is 13.1. The summed E-state index contributed by atoms with van der Waals surface area (Å²) in [7, 11) is 0. The van der Waals surface area contributed by atoms with Gasteiger partial charge in [-0.3, -0.25) is 0 Å². The summed E-state index contributed by atoms with van der Waals surface area (Å²) in [6.07, 6.45) is 1.06. The summed E-state index contributed by atoms with van der Waals surface area (Å²) in [4.78, 5) is 1.37. The monoisotopic (exact) mass is 373 g/mol. The number of thiophene rings is 1. The summed E-state index contributed by atoms with van der Waals surface area (Å²) in [5, 5.41) is 5.70. The zero-order chi connectivity index (χ0) is 12.3. The fourth-order valence-electron chi connectivity index (χ4n) is 1.67. The van der Waals surface area contributed by atoms with Gasteiger partial charge in [0, 0.05) is 13.8 Å². The van der Waals surface area contributed by atoms with Crippen molar-refractivity contribution in [2.45, 2.75) is 19.4 Å². The van der Waals surface area contributed by atoms with Crippen molar-refractivity contribution in [2.24, 2.45) is 0 Å². The van der Waals surface area contributed by atoms with Crippen LogP contribution in [0.5, 0.6) is 0 Å². The average Bonchev–Trinajstić information content (AvgIpc) is 2.82. The van der Waals surface area contributed by atoms with Gasteiger partial charge in [0.15, 0.2) is 0 Å². The van der Waals surface area contributed by atoms with E-state index in [1.165, 1.54) is 4.88 Å². The largest absolute Gasteiger partial charge is 0.376 e. The maximum atomic E-state index is 3.58. The Bertz CT molecular complexity index is 462. The molecule has 17 heavy (non-hydrogen) atoms. The van der Waals surface area contributed by atoms with E-state index >= 15 is 0 Å². The lowest BCUT2D eigenvalue weighted by molar-refractivity contribution is 0.762. The molecule has 0 amide bonds. The van der Waals surface area contributed by atoms with Gasteiger partial charge in [0.2, 0.25) is 0 Å². The lowest BCUT2D eigenvalue weighted by atomic mass is 10.1. The number of hydrogen-bond acceptors (Lipinski definition) is 2. The van der Waals surface area contributed by atoms with Gasteiger partial charge in [-0.05, 0) is 61.9 Å². The molecule has 0 aliphatic carbocycles. The first-order valence-electron chi connectivity index (χ1n) is 5.46. The summed E-state index contributed by atoms with van der Waals surface area (Å²) in [6.45, 7) is 2.20. The molecule has 0 radical (unpaired) electrons. The Kier molecular flexibility index (Phi) is 4.65. The van der Waals surface area contributed by atoms with Crippen molar-refractivity contribution in [3.05, 3.63) is 49.5 Å². The molecule has 0 bridgehead atoms. The lowest BCUT2D eigenvalue weighted by Gasteiger charge is -2.19. The van der Waals surface area contributed by atoms with Crippen LogP contribution >= 0.6 is 43.2 Å². The summed E-state index contributed by atoms with van der Waals surface area (Å²) < 4.78 is 2.17. The molecule has 0 aliphatic rings. The molecule has 2 rings (SSSR count). The number of halogens is 2. The van der Waals surface area contributed by atoms with Gasteiger partial charge >= 0.3 is 0 Å². The first-order valence-corrected chi connectivity index (χ1v) is 7.93. The second-order valence-corrected chi connectivity index (χ2v) is 6.41. The van der Waals surface area contributed by atoms with Crippen LogP contribution in [0.2, 0.25) is 0 Å². The molecule has 1 aromatic carbocycles. The predicted molar refractivity (Wildman–Crippen MR) is 82.8 cm³/mol. The zero-order valence-corrected chi connectivity index (χ0v) is 13.4. The Labute approximate surface area is 123 Å². The van der Waals surface area contributed by atoms with E-state index in [-0.39, 0.29) is 0 Å². The molecule has 90 valence electrons. The summed E-state index contributed by atoms with van der Waals surface area (Å²) in [6, 6.07) is 10.8. The third kappa shape index (κ3) is 3.12. The third-order valence-electron chi connectivity index (χ3n) is 2.58. The van der Waals surface area contributed by atoms with Gasteiger partial charge in [0.25, 0.3) is 0 Å². The number of anilines is 1. The van der Waals surface area contributed by atoms with Gasteiger partial charge in [0.05, 0.1) is 11.7 Å². The molecule has 1 heterocycles. The van der Waals surface area contributed by atoms with Crippen molar-refractivity contribution >= 4 is 48.9 Å². The highest BCUT2D eigenvalue weighted by molar-refractivity contribution is 9.11. The van der Waals surface area contributed by atoms with Crippen molar-refractivity contribution in [2.75, 3.05) is 5.32 Å². The van der Waals surface area contributed by atoms with Crippen molar-refractivity contribution in [3.8, 4) is 0 Å². The molecule has 1 unspecified atom stereocenters. The lowest BCUT2D eigenvalue weighted by Crippen LogP contribution is -2.08. The topological polar surface area (TPSA) is 12.0 Å². The molecule has 2 aromatic rings. The Morgan fingerprint density at radius 2 is 1.88 bits per heavy atom. The first-order chi connectivity index (χ1) is 8.22. The molecule has 0 spiro atoms. The van der Waals surface area contributed by atoms with Gasteiger partial charge in [-0.1, -0.05) is 19.1 Å². The van der Waals surface area contributed by atoms with Crippen LogP contribution in [0.1, 0.15) is 24.3 Å². The minimum atomic E-state index is 0.366. The maximum absolute atomic E-state index is 3.58. The average molecular weight is 375 g/mol. The standard InChI is InChI=1S/C13H13Br2NS/c1-2-11(12-7-4-8-17-12)16-13-9(14)5-3-6-10(13)15/h3-8,11,16H,2H2,1H3. The number of rotatable bonds is 4. The normalized spacial score (nSPS) is 12.4. The zero-order valence-electron chi connectivity index (χ0n) is 9.41. The summed E-state index contributed by atoms with van der Waals surface area (Å²) in [5.41, 5.74) is 1.12. The highest BCUT2D eigenvalue weighted by Gasteiger charge is 2.13. The Morgan fingerprint density at radius 1 is 1.18 bits per heavy atom. The van der Waals surface area contributed by atoms with Crippen LogP contribution in [0.4, 0.5) is 5.69 Å². The van der Waals surface area contributed by atoms with E-state index in [1.807, 2.05) is 18.2 Å². The second-order valence-electron chi connectivity index (χ2n) is 3.72. The molecule has 0 saturated carbocycles. The van der Waals surface area contributed by atoms with Gasteiger partial charge < -0.3 is 5.32 Å². The van der Waals surface area contributed by atoms with Crippen molar-refractivity contribution in [1.82, 2.24) is 0 Å². The van der Waals surface area contributed by atoms with Crippen molar-refractivity contribution < 1.29 is 0 Å². The highest BCUT2D eigenvalue weighted by Crippen LogP contribution is 2.35. The molecule has 1 aromatic heterocycles. The van der Waals surface area contributed by atoms with Gasteiger partial charge in [-0.15, -0.1) is 11.3 Å². The van der Waals surface area contributed by atoms with E-state index in [4.69, 9.17) is 0 Å². The fourth-order valence-corrected chi connectivity index (χ4v) is 3.76. The van der Waals surface area contributed by atoms with Crippen LogP contribution in [0.3, 0.4) is 0 Å². The summed E-state index contributed by atoms with van der Waals surface area (Å²) in [5.74, 6) is 0. The molecule has 1 N–H and O–H groups in total. The maximum Gasteiger partial charge on any atom is 0.0634 e. The Hall–Kier alpha value is -0.320. The fraction of sp³-hybridized carbons (Fsp3) is 0.231. The minimum absolute atomic E-state index is 0.366. The van der Waals surface area contributed by atoms with Gasteiger partial charge in [0.1, 0.15) is 0 Å². The van der Waals surface area contributed by atoms with E-state index in [1.54, 1.807) is 11.3 Å². The molecule has 1 nitrogen and oxygen atoms in total. The molecule has 4 heteroatoms. The number of hydrogen-bond donors (Lipinski definition) is 1. The number of nitrogens with one attached hydrogen (secondary N) is 1. The van der Waals surface area contributed by atoms with Crippen molar-refractivity contribution in [1.29, 1.82) is 0 Å². The van der Waals surface area contributed by atoms with E-state index < -0.39 is 0 Å². The highest BCUT2D eigenvalue weighted by atomic mass is 79.9. The molecule has 0 saturated heterocycles. The number of para-hydroxylation sites is 1. The van der Waals surface area contributed by atoms with Gasteiger partial charge in [-0.25, -0.2) is 0 Å². The van der Waals surface area contributed by atoms with Crippen LogP contribution < -0.4 is 5.32 Å². The number of benzene rings is 1. The van der Waals surface area contributed by atoms with E-state index in [0.29, 0.717) is 6.04 Å². The van der Waals surface area contributed by atoms with E-state index in [9.17, 15) is 0 Å². The van der Waals surface area contributed by atoms with Crippen LogP contribution in [-0.2, 0) is 0 Å². The molecule has 0 aliphatic heterocycles. The van der Waals surface area contributed by atoms with Crippen LogP contribution in [0.25, 0.3) is 0 Å². The van der Waals surface area contributed by atoms with Crippen LogP contribution in [-0.4, -0.2) is 0 Å². The summed E-state index contributed by atoms with van der Waals surface area (Å²) >= 11 is 8.95. The van der Waals surface area contributed by atoms with Crippen molar-refractivity contribution in [3.63, 3.8) is 0 Å². The van der Waals surface area contributed by atoms with E-state index in [0.717, 1.165) is 21.1 Å². The SMILES string of the molecule is CCC(Nc1c(Br)cccc1Br)c1cccs1. The molecular weight excluding hydrogens is 362 g/mol. The van der Waals surface area contributed by atoms with Gasteiger partial charge in [-0.2, -0.15) is 0 Å². The third-order valence-corrected chi connectivity index (χ3v) is 4.88. The van der Waals surface area contributed by atoms with Crippen LogP contribution in [0.15, 0.2) is 44.7 Å². The minimum Gasteiger partial charge on any atom is -0.376 e. The second kappa shape index (κ2) is 6.03.